The molecule has 13 nitrogen and oxygen atoms in total. The maximum absolute atomic E-state index is 12.1. The highest BCUT2D eigenvalue weighted by molar-refractivity contribution is 5.95. The van der Waals surface area contributed by atoms with Gasteiger partial charge in [-0.1, -0.05) is 0 Å². The number of hydrogen-bond donors (Lipinski definition) is 5. The number of amides is 6. The van der Waals surface area contributed by atoms with Crippen molar-refractivity contribution >= 4 is 41.7 Å². The largest absolute Gasteiger partial charge is 0.350 e. The molecule has 1 aliphatic rings. The van der Waals surface area contributed by atoms with Crippen LogP contribution < -0.4 is 26.6 Å². The van der Waals surface area contributed by atoms with Crippen LogP contribution in [0.2, 0.25) is 0 Å². The van der Waals surface area contributed by atoms with Gasteiger partial charge in [0, 0.05) is 0 Å². The Morgan fingerprint density at radius 3 is 2.46 bits per heavy atom. The molecule has 1 saturated heterocycles. The molecule has 0 bridgehead atoms. The zero-order valence-electron chi connectivity index (χ0n) is 15.2. The van der Waals surface area contributed by atoms with Crippen LogP contribution in [-0.4, -0.2) is 85.5 Å². The van der Waals surface area contributed by atoms with Crippen LogP contribution in [0.15, 0.2) is 0 Å². The van der Waals surface area contributed by atoms with Crippen molar-refractivity contribution in [3.8, 4) is 0 Å². The van der Waals surface area contributed by atoms with Crippen molar-refractivity contribution in [1.29, 1.82) is 0 Å². The lowest BCUT2D eigenvalue weighted by molar-refractivity contribution is -0.138. The molecule has 0 saturated carbocycles. The van der Waals surface area contributed by atoms with E-state index in [4.69, 9.17) is 0 Å². The van der Waals surface area contributed by atoms with Gasteiger partial charge in [0.2, 0.25) is 35.9 Å². The zero-order valence-corrected chi connectivity index (χ0v) is 15.2. The van der Waals surface area contributed by atoms with Crippen LogP contribution >= 0.6 is 0 Å². The molecule has 1 unspecified atom stereocenters. The van der Waals surface area contributed by atoms with Gasteiger partial charge in [0.1, 0.15) is 18.4 Å². The number of nitrogens with zero attached hydrogens (tertiary/aromatic N) is 1. The molecule has 28 heavy (non-hydrogen) atoms. The first kappa shape index (κ1) is 22.5. The molecule has 154 valence electrons. The van der Waals surface area contributed by atoms with Gasteiger partial charge in [0.25, 0.3) is 0 Å². The van der Waals surface area contributed by atoms with E-state index in [0.717, 1.165) is 4.90 Å². The predicted octanol–water partition coefficient (Wildman–Crippen LogP) is -4.66. The number of hydrogen-bond acceptors (Lipinski definition) is 7. The van der Waals surface area contributed by atoms with Gasteiger partial charge in [-0.25, -0.2) is 0 Å². The van der Waals surface area contributed by atoms with E-state index < -0.39 is 55.1 Å². The molecule has 1 atom stereocenters. The van der Waals surface area contributed by atoms with Gasteiger partial charge in [-0.15, -0.1) is 0 Å². The molecule has 0 aromatic carbocycles. The zero-order chi connectivity index (χ0) is 21.1. The molecule has 0 aromatic heterocycles. The molecule has 13 heteroatoms. The molecule has 1 aliphatic heterocycles. The van der Waals surface area contributed by atoms with E-state index in [2.05, 4.69) is 26.6 Å². The van der Waals surface area contributed by atoms with Crippen molar-refractivity contribution in [3.05, 3.63) is 0 Å². The topological polar surface area (TPSA) is 183 Å². The number of carbonyl (C=O) groups is 7. The summed E-state index contributed by atoms with van der Waals surface area (Å²) in [6.45, 7) is -0.672. The first-order valence-electron chi connectivity index (χ1n) is 8.27. The molecule has 5 N–H and O–H groups in total. The Bertz CT molecular complexity index is 665. The number of nitrogens with one attached hydrogen (secondary N) is 5. The van der Waals surface area contributed by atoms with Crippen LogP contribution in [0.4, 0.5) is 0 Å². The second-order valence-electron chi connectivity index (χ2n) is 5.87. The van der Waals surface area contributed by atoms with E-state index >= 15 is 0 Å². The highest BCUT2D eigenvalue weighted by Gasteiger charge is 2.26. The van der Waals surface area contributed by atoms with Gasteiger partial charge in [0.15, 0.2) is 0 Å². The smallest absolute Gasteiger partial charge is 0.243 e. The molecule has 0 aliphatic carbocycles. The fraction of sp³-hybridized carbons (Fsp3) is 0.533. The summed E-state index contributed by atoms with van der Waals surface area (Å²) >= 11 is 0. The Morgan fingerprint density at radius 2 is 1.82 bits per heavy atom. The molecule has 0 spiro atoms. The van der Waals surface area contributed by atoms with Crippen LogP contribution in [-0.2, 0) is 33.6 Å². The third-order valence-corrected chi connectivity index (χ3v) is 3.49. The minimum Gasteiger partial charge on any atom is -0.350 e. The van der Waals surface area contributed by atoms with E-state index in [9.17, 15) is 33.6 Å². The maximum atomic E-state index is 12.1. The highest BCUT2D eigenvalue weighted by Crippen LogP contribution is 1.96. The Labute approximate surface area is 159 Å². The number of Topliss-reactive ketones (excluding diaryl/α,β-unsaturated/α-hetero) is 1. The molecular formula is C15H22N6O7. The van der Waals surface area contributed by atoms with Gasteiger partial charge in [-0.2, -0.15) is 0 Å². The Hall–Kier alpha value is -3.51. The van der Waals surface area contributed by atoms with Gasteiger partial charge in [-0.05, 0) is 6.92 Å². The third kappa shape index (κ3) is 8.25. The fourth-order valence-corrected chi connectivity index (χ4v) is 2.11. The predicted molar refractivity (Wildman–Crippen MR) is 92.0 cm³/mol. The molecule has 0 aromatic rings. The monoisotopic (exact) mass is 398 g/mol. The van der Waals surface area contributed by atoms with E-state index in [-0.39, 0.29) is 25.5 Å². The van der Waals surface area contributed by atoms with Crippen LogP contribution in [0.25, 0.3) is 0 Å². The van der Waals surface area contributed by atoms with E-state index in [1.54, 1.807) is 0 Å². The molecule has 1 rings (SSSR count). The average Bonchev–Trinajstić information content (AvgIpc) is 2.64. The second-order valence-corrected chi connectivity index (χ2v) is 5.87. The van der Waals surface area contributed by atoms with Crippen molar-refractivity contribution in [1.82, 2.24) is 31.5 Å². The second kappa shape index (κ2) is 11.3. The highest BCUT2D eigenvalue weighted by atomic mass is 16.2. The summed E-state index contributed by atoms with van der Waals surface area (Å²) in [7, 11) is 0. The Kier molecular flexibility index (Phi) is 9.06. The lowest BCUT2D eigenvalue weighted by atomic mass is 10.1. The van der Waals surface area contributed by atoms with Crippen LogP contribution in [0.3, 0.4) is 0 Å². The van der Waals surface area contributed by atoms with Gasteiger partial charge in [-0.3, -0.25) is 33.6 Å². The van der Waals surface area contributed by atoms with Crippen molar-refractivity contribution in [2.75, 3.05) is 32.8 Å². The Balaban J connectivity index is 2.87. The first-order valence-corrected chi connectivity index (χ1v) is 8.27. The lowest BCUT2D eigenvalue weighted by Crippen LogP contribution is -2.55. The summed E-state index contributed by atoms with van der Waals surface area (Å²) < 4.78 is 0. The summed E-state index contributed by atoms with van der Waals surface area (Å²) in [5.74, 6) is -3.79. The standard InChI is InChI=1S/C15H22N6O7/c1-9(23)3-18-15(28)10-2-11(24)19-7-21(14(27)5-16-8-22)6-13(26)17-4-12(25)20-10/h8,10H,2-7H2,1H3,(H,16,22)(H,17,26)(H,18,28)(H,19,24)(H,20,25). The van der Waals surface area contributed by atoms with E-state index in [1.165, 1.54) is 6.92 Å². The fourth-order valence-electron chi connectivity index (χ4n) is 2.11. The molecule has 0 radical (unpaired) electrons. The van der Waals surface area contributed by atoms with E-state index in [0.29, 0.717) is 6.41 Å². The number of ketones is 1. The van der Waals surface area contributed by atoms with Gasteiger partial charge in [0.05, 0.1) is 32.7 Å². The summed E-state index contributed by atoms with van der Waals surface area (Å²) in [5.41, 5.74) is 0. The van der Waals surface area contributed by atoms with E-state index in [1.807, 2.05) is 0 Å². The third-order valence-electron chi connectivity index (χ3n) is 3.49. The van der Waals surface area contributed by atoms with Crippen LogP contribution in [0.1, 0.15) is 13.3 Å². The van der Waals surface area contributed by atoms with Crippen molar-refractivity contribution < 1.29 is 33.6 Å². The molecule has 1 fully saturated rings. The summed E-state index contributed by atoms with van der Waals surface area (Å²) in [4.78, 5) is 82.3. The molecular weight excluding hydrogens is 376 g/mol. The SMILES string of the molecule is CC(=O)CNC(=O)C1CC(=O)NCN(C(=O)CNC=O)CC(=O)NCC(=O)N1. The van der Waals surface area contributed by atoms with Gasteiger partial charge < -0.3 is 31.5 Å². The van der Waals surface area contributed by atoms with Crippen LogP contribution in [0, 0.1) is 0 Å². The van der Waals surface area contributed by atoms with Crippen molar-refractivity contribution in [2.24, 2.45) is 0 Å². The summed E-state index contributed by atoms with van der Waals surface area (Å²) in [6, 6.07) is -1.27. The maximum Gasteiger partial charge on any atom is 0.243 e. The Morgan fingerprint density at radius 1 is 1.11 bits per heavy atom. The van der Waals surface area contributed by atoms with Crippen molar-refractivity contribution in [3.63, 3.8) is 0 Å². The summed E-state index contributed by atoms with van der Waals surface area (Å²) in [5, 5.41) is 11.4. The molecule has 6 amide bonds. The minimum atomic E-state index is -1.27. The molecule has 1 heterocycles. The minimum absolute atomic E-state index is 0.268. The van der Waals surface area contributed by atoms with Crippen molar-refractivity contribution in [2.45, 2.75) is 19.4 Å². The first-order chi connectivity index (χ1) is 13.2. The van der Waals surface area contributed by atoms with Gasteiger partial charge >= 0.3 is 0 Å². The lowest BCUT2D eigenvalue weighted by Gasteiger charge is -2.24. The normalized spacial score (nSPS) is 18.4. The average molecular weight is 398 g/mol. The summed E-state index contributed by atoms with van der Waals surface area (Å²) in [6.07, 6.45) is -0.139. The number of rotatable bonds is 6. The quantitative estimate of drug-likeness (QED) is 0.279. The van der Waals surface area contributed by atoms with Crippen LogP contribution in [0.5, 0.6) is 0 Å². The number of carbonyl (C=O) groups excluding carboxylic acids is 7.